The summed E-state index contributed by atoms with van der Waals surface area (Å²) in [5.41, 5.74) is 0.847. The third kappa shape index (κ3) is 3.39. The molecule has 0 saturated heterocycles. The van der Waals surface area contributed by atoms with Gasteiger partial charge in [0.1, 0.15) is 17.2 Å². The number of nitrogens with zero attached hydrogens (tertiary/aromatic N) is 2. The van der Waals surface area contributed by atoms with Crippen molar-refractivity contribution in [3.63, 3.8) is 0 Å². The van der Waals surface area contributed by atoms with Crippen LogP contribution in [0, 0.1) is 0 Å². The third-order valence-electron chi connectivity index (χ3n) is 3.15. The van der Waals surface area contributed by atoms with E-state index in [1.807, 2.05) is 16.9 Å². The molecule has 5 nitrogen and oxygen atoms in total. The van der Waals surface area contributed by atoms with Crippen LogP contribution in [0.25, 0.3) is 0 Å². The number of aromatic nitrogens is 2. The van der Waals surface area contributed by atoms with Gasteiger partial charge in [-0.3, -0.25) is 4.68 Å². The zero-order valence-corrected chi connectivity index (χ0v) is 12.4. The lowest BCUT2D eigenvalue weighted by molar-refractivity contribution is 0.0702. The number of hydrogen-bond acceptors (Lipinski definition) is 4. The second-order valence-corrected chi connectivity index (χ2v) is 5.41. The Morgan fingerprint density at radius 1 is 1.50 bits per heavy atom. The summed E-state index contributed by atoms with van der Waals surface area (Å²) >= 11 is 1.16. The molecule has 0 saturated carbocycles. The van der Waals surface area contributed by atoms with E-state index >= 15 is 0 Å². The van der Waals surface area contributed by atoms with Crippen molar-refractivity contribution in [3.05, 3.63) is 34.3 Å². The van der Waals surface area contributed by atoms with Crippen molar-refractivity contribution in [2.75, 3.05) is 0 Å². The lowest BCUT2D eigenvalue weighted by atomic mass is 10.2. The molecule has 0 unspecified atom stereocenters. The minimum atomic E-state index is -0.928. The van der Waals surface area contributed by atoms with E-state index in [4.69, 9.17) is 9.84 Å². The van der Waals surface area contributed by atoms with Crippen LogP contribution in [0.3, 0.4) is 0 Å². The topological polar surface area (TPSA) is 64.3 Å². The summed E-state index contributed by atoms with van der Waals surface area (Å²) in [5, 5.41) is 15.0. The van der Waals surface area contributed by atoms with Gasteiger partial charge in [0.15, 0.2) is 0 Å². The molecule has 108 valence electrons. The summed E-state index contributed by atoms with van der Waals surface area (Å²) < 4.78 is 7.52. The Bertz CT molecular complexity index is 572. The zero-order valence-electron chi connectivity index (χ0n) is 11.6. The van der Waals surface area contributed by atoms with Crippen LogP contribution in [0.4, 0.5) is 0 Å². The highest BCUT2D eigenvalue weighted by Crippen LogP contribution is 2.22. The van der Waals surface area contributed by atoms with Crippen molar-refractivity contribution >= 4 is 17.3 Å². The van der Waals surface area contributed by atoms with Crippen LogP contribution < -0.4 is 4.74 Å². The quantitative estimate of drug-likeness (QED) is 0.847. The molecule has 1 N–H and O–H groups in total. The van der Waals surface area contributed by atoms with Crippen LogP contribution >= 0.6 is 11.3 Å². The van der Waals surface area contributed by atoms with Crippen LogP contribution in [0.2, 0.25) is 0 Å². The number of rotatable bonds is 7. The minimum absolute atomic E-state index is 0.280. The Morgan fingerprint density at radius 2 is 2.25 bits per heavy atom. The Hall–Kier alpha value is -1.82. The first-order valence-corrected chi connectivity index (χ1v) is 7.50. The van der Waals surface area contributed by atoms with Crippen LogP contribution in [0.5, 0.6) is 5.75 Å². The summed E-state index contributed by atoms with van der Waals surface area (Å²) in [6.07, 6.45) is 4.06. The smallest absolute Gasteiger partial charge is 0.346 e. The molecule has 0 amide bonds. The average molecular weight is 294 g/mol. The number of carbonyl (C=O) groups is 1. The zero-order chi connectivity index (χ0) is 14.5. The molecule has 20 heavy (non-hydrogen) atoms. The number of aromatic carboxylic acids is 1. The summed E-state index contributed by atoms with van der Waals surface area (Å²) in [6, 6.07) is 3.89. The fourth-order valence-corrected chi connectivity index (χ4v) is 2.65. The SMILES string of the molecule is CCC(CC)n1ccc(COc2csc(C(=O)O)c2)n1. The van der Waals surface area contributed by atoms with Gasteiger partial charge in [0.05, 0.1) is 11.7 Å². The van der Waals surface area contributed by atoms with Crippen LogP contribution in [-0.4, -0.2) is 20.9 Å². The van der Waals surface area contributed by atoms with Crippen LogP contribution in [0.15, 0.2) is 23.7 Å². The molecule has 0 aromatic carbocycles. The minimum Gasteiger partial charge on any atom is -0.486 e. The molecule has 0 aliphatic rings. The van der Waals surface area contributed by atoms with Crippen LogP contribution in [-0.2, 0) is 6.61 Å². The van der Waals surface area contributed by atoms with E-state index in [9.17, 15) is 4.79 Å². The molecule has 0 aliphatic heterocycles. The first-order chi connectivity index (χ1) is 9.63. The number of carboxylic acid groups (broad SMARTS) is 1. The maximum atomic E-state index is 10.8. The highest BCUT2D eigenvalue weighted by atomic mass is 32.1. The standard InChI is InChI=1S/C14H18N2O3S/c1-3-11(4-2)16-6-5-10(15-16)8-19-12-7-13(14(17)18)20-9-12/h5-7,9,11H,3-4,8H2,1-2H3,(H,17,18). The van der Waals surface area contributed by atoms with Gasteiger partial charge in [-0.05, 0) is 18.9 Å². The summed E-state index contributed by atoms with van der Waals surface area (Å²) in [5.74, 6) is -0.354. The maximum Gasteiger partial charge on any atom is 0.346 e. The first-order valence-electron chi connectivity index (χ1n) is 6.62. The number of ether oxygens (including phenoxy) is 1. The molecule has 2 rings (SSSR count). The van der Waals surface area contributed by atoms with Crippen molar-refractivity contribution in [2.24, 2.45) is 0 Å². The molecule has 0 aliphatic carbocycles. The number of thiophene rings is 1. The number of hydrogen-bond donors (Lipinski definition) is 1. The van der Waals surface area contributed by atoms with Crippen LogP contribution in [0.1, 0.15) is 48.1 Å². The molecule has 2 aromatic rings. The van der Waals surface area contributed by atoms with Gasteiger partial charge in [-0.25, -0.2) is 4.79 Å². The fraction of sp³-hybridized carbons (Fsp3) is 0.429. The Kier molecular flexibility index (Phi) is 4.79. The predicted octanol–water partition coefficient (Wildman–Crippen LogP) is 3.58. The molecule has 0 radical (unpaired) electrons. The second-order valence-electron chi connectivity index (χ2n) is 4.50. The van der Waals surface area contributed by atoms with Crippen molar-refractivity contribution in [1.82, 2.24) is 9.78 Å². The Morgan fingerprint density at radius 3 is 2.85 bits per heavy atom. The Labute approximate surface area is 121 Å². The summed E-state index contributed by atoms with van der Waals surface area (Å²) in [6.45, 7) is 4.64. The van der Waals surface area contributed by atoms with Gasteiger partial charge in [0.2, 0.25) is 0 Å². The Balaban J connectivity index is 1.95. The molecular weight excluding hydrogens is 276 g/mol. The van der Waals surface area contributed by atoms with E-state index in [1.165, 1.54) is 6.07 Å². The van der Waals surface area contributed by atoms with E-state index in [0.29, 0.717) is 18.4 Å². The van der Waals surface area contributed by atoms with E-state index in [1.54, 1.807) is 5.38 Å². The van der Waals surface area contributed by atoms with E-state index in [2.05, 4.69) is 18.9 Å². The average Bonchev–Trinajstić information content (AvgIpc) is 3.07. The molecule has 2 heterocycles. The van der Waals surface area contributed by atoms with E-state index < -0.39 is 5.97 Å². The third-order valence-corrected chi connectivity index (χ3v) is 4.05. The van der Waals surface area contributed by atoms with E-state index in [0.717, 1.165) is 29.9 Å². The van der Waals surface area contributed by atoms with Gasteiger partial charge in [-0.2, -0.15) is 5.10 Å². The second kappa shape index (κ2) is 6.56. The monoisotopic (exact) mass is 294 g/mol. The van der Waals surface area contributed by atoms with Gasteiger partial charge in [-0.1, -0.05) is 13.8 Å². The predicted molar refractivity (Wildman–Crippen MR) is 77.5 cm³/mol. The highest BCUT2D eigenvalue weighted by molar-refractivity contribution is 7.12. The molecule has 0 fully saturated rings. The molecule has 6 heteroatoms. The van der Waals surface area contributed by atoms with Crippen molar-refractivity contribution in [2.45, 2.75) is 39.3 Å². The molecule has 2 aromatic heterocycles. The van der Waals surface area contributed by atoms with Gasteiger partial charge in [-0.15, -0.1) is 11.3 Å². The lowest BCUT2D eigenvalue weighted by Gasteiger charge is -2.12. The molecule has 0 atom stereocenters. The normalized spacial score (nSPS) is 10.9. The highest BCUT2D eigenvalue weighted by Gasteiger charge is 2.10. The number of carboxylic acids is 1. The molecule has 0 bridgehead atoms. The van der Waals surface area contributed by atoms with Crippen molar-refractivity contribution in [1.29, 1.82) is 0 Å². The lowest BCUT2D eigenvalue weighted by Crippen LogP contribution is -2.08. The van der Waals surface area contributed by atoms with Crippen molar-refractivity contribution < 1.29 is 14.6 Å². The van der Waals surface area contributed by atoms with Gasteiger partial charge >= 0.3 is 5.97 Å². The summed E-state index contributed by atoms with van der Waals surface area (Å²) in [4.78, 5) is 11.1. The van der Waals surface area contributed by atoms with Gasteiger partial charge in [0.25, 0.3) is 0 Å². The van der Waals surface area contributed by atoms with Crippen molar-refractivity contribution in [3.8, 4) is 5.75 Å². The maximum absolute atomic E-state index is 10.8. The van der Waals surface area contributed by atoms with E-state index in [-0.39, 0.29) is 4.88 Å². The largest absolute Gasteiger partial charge is 0.486 e. The molecular formula is C14H18N2O3S. The van der Waals surface area contributed by atoms with Gasteiger partial charge in [0, 0.05) is 17.6 Å². The molecule has 0 spiro atoms. The first kappa shape index (κ1) is 14.6. The van der Waals surface area contributed by atoms with Gasteiger partial charge < -0.3 is 9.84 Å². The fourth-order valence-electron chi connectivity index (χ4n) is 1.98. The summed E-state index contributed by atoms with van der Waals surface area (Å²) in [7, 11) is 0.